The molecule has 4 heteroatoms. The molecule has 0 spiro atoms. The molecule has 0 bridgehead atoms. The number of rotatable bonds is 7. The highest BCUT2D eigenvalue weighted by atomic mass is 79.9. The Kier molecular flexibility index (Phi) is 6.28. The monoisotopic (exact) mass is 363 g/mol. The summed E-state index contributed by atoms with van der Waals surface area (Å²) in [7, 11) is 1.93. The summed E-state index contributed by atoms with van der Waals surface area (Å²) in [6.07, 6.45) is 0. The van der Waals surface area contributed by atoms with Gasteiger partial charge in [-0.25, -0.2) is 0 Å². The van der Waals surface area contributed by atoms with E-state index in [0.29, 0.717) is 13.2 Å². The van der Waals surface area contributed by atoms with E-state index < -0.39 is 0 Å². The zero-order valence-electron chi connectivity index (χ0n) is 13.3. The standard InChI is InChI=1S/C18H22BrNO2/c1-4-21-17-10-14(11-20-3)9-16(19)18(17)22-12-15-8-6-5-7-13(15)2/h5-10,20H,4,11-12H2,1-3H3. The van der Waals surface area contributed by atoms with Gasteiger partial charge in [0.2, 0.25) is 0 Å². The lowest BCUT2D eigenvalue weighted by atomic mass is 10.1. The molecule has 0 fully saturated rings. The Labute approximate surface area is 140 Å². The van der Waals surface area contributed by atoms with Crippen molar-refractivity contribution in [1.29, 1.82) is 0 Å². The van der Waals surface area contributed by atoms with Crippen molar-refractivity contribution < 1.29 is 9.47 Å². The van der Waals surface area contributed by atoms with E-state index in [0.717, 1.165) is 28.1 Å². The van der Waals surface area contributed by atoms with Gasteiger partial charge in [-0.3, -0.25) is 0 Å². The minimum atomic E-state index is 0.525. The van der Waals surface area contributed by atoms with E-state index in [1.165, 1.54) is 11.1 Å². The molecule has 0 atom stereocenters. The van der Waals surface area contributed by atoms with Crippen molar-refractivity contribution in [3.05, 3.63) is 57.6 Å². The van der Waals surface area contributed by atoms with Crippen LogP contribution in [0, 0.1) is 6.92 Å². The Morgan fingerprint density at radius 3 is 2.59 bits per heavy atom. The molecule has 0 aliphatic rings. The molecule has 0 heterocycles. The van der Waals surface area contributed by atoms with Crippen LogP contribution in [0.15, 0.2) is 40.9 Å². The smallest absolute Gasteiger partial charge is 0.175 e. The first-order chi connectivity index (χ1) is 10.7. The number of halogens is 1. The first-order valence-corrected chi connectivity index (χ1v) is 8.22. The van der Waals surface area contributed by atoms with E-state index in [-0.39, 0.29) is 0 Å². The van der Waals surface area contributed by atoms with Crippen LogP contribution in [0.5, 0.6) is 11.5 Å². The third-order valence-electron chi connectivity index (χ3n) is 3.38. The highest BCUT2D eigenvalue weighted by Gasteiger charge is 2.12. The average molecular weight is 364 g/mol. The van der Waals surface area contributed by atoms with Crippen molar-refractivity contribution in [3.8, 4) is 11.5 Å². The van der Waals surface area contributed by atoms with Crippen LogP contribution in [0.4, 0.5) is 0 Å². The first-order valence-electron chi connectivity index (χ1n) is 7.42. The molecule has 0 radical (unpaired) electrons. The zero-order valence-corrected chi connectivity index (χ0v) is 14.9. The second-order valence-electron chi connectivity index (χ2n) is 5.08. The highest BCUT2D eigenvalue weighted by molar-refractivity contribution is 9.10. The second kappa shape index (κ2) is 8.20. The van der Waals surface area contributed by atoms with Gasteiger partial charge in [0.15, 0.2) is 11.5 Å². The van der Waals surface area contributed by atoms with Crippen LogP contribution in [0.25, 0.3) is 0 Å². The van der Waals surface area contributed by atoms with Gasteiger partial charge in [-0.05, 0) is 65.6 Å². The van der Waals surface area contributed by atoms with Gasteiger partial charge in [0.05, 0.1) is 11.1 Å². The van der Waals surface area contributed by atoms with Crippen LogP contribution in [0.1, 0.15) is 23.6 Å². The summed E-state index contributed by atoms with van der Waals surface area (Å²) >= 11 is 3.60. The summed E-state index contributed by atoms with van der Waals surface area (Å²) in [5.41, 5.74) is 3.56. The topological polar surface area (TPSA) is 30.5 Å². The molecule has 1 N–H and O–H groups in total. The Hall–Kier alpha value is -1.52. The summed E-state index contributed by atoms with van der Waals surface area (Å²) in [4.78, 5) is 0. The van der Waals surface area contributed by atoms with Crippen molar-refractivity contribution in [1.82, 2.24) is 5.32 Å². The molecule has 118 valence electrons. The Morgan fingerprint density at radius 2 is 1.91 bits per heavy atom. The summed E-state index contributed by atoms with van der Waals surface area (Å²) in [6.45, 7) is 5.99. The summed E-state index contributed by atoms with van der Waals surface area (Å²) < 4.78 is 12.7. The van der Waals surface area contributed by atoms with E-state index in [1.807, 2.05) is 32.2 Å². The van der Waals surface area contributed by atoms with Gasteiger partial charge in [0.1, 0.15) is 6.61 Å². The molecule has 2 aromatic carbocycles. The molecule has 3 nitrogen and oxygen atoms in total. The fraction of sp³-hybridized carbons (Fsp3) is 0.333. The van der Waals surface area contributed by atoms with Crippen LogP contribution in [0.2, 0.25) is 0 Å². The van der Waals surface area contributed by atoms with Gasteiger partial charge in [0.25, 0.3) is 0 Å². The normalized spacial score (nSPS) is 10.5. The molecule has 22 heavy (non-hydrogen) atoms. The minimum absolute atomic E-state index is 0.525. The van der Waals surface area contributed by atoms with E-state index in [1.54, 1.807) is 0 Å². The van der Waals surface area contributed by atoms with E-state index >= 15 is 0 Å². The first kappa shape index (κ1) is 16.8. The average Bonchev–Trinajstić information content (AvgIpc) is 2.49. The van der Waals surface area contributed by atoms with Crippen LogP contribution in [-0.2, 0) is 13.2 Å². The van der Waals surface area contributed by atoms with Crippen LogP contribution < -0.4 is 14.8 Å². The second-order valence-corrected chi connectivity index (χ2v) is 5.94. The van der Waals surface area contributed by atoms with Crippen molar-refractivity contribution in [2.75, 3.05) is 13.7 Å². The van der Waals surface area contributed by atoms with Gasteiger partial charge in [-0.2, -0.15) is 0 Å². The van der Waals surface area contributed by atoms with Gasteiger partial charge in [0, 0.05) is 6.54 Å². The number of ether oxygens (including phenoxy) is 2. The van der Waals surface area contributed by atoms with E-state index in [4.69, 9.17) is 9.47 Å². The highest BCUT2D eigenvalue weighted by Crippen LogP contribution is 2.37. The molecule has 2 rings (SSSR count). The summed E-state index contributed by atoms with van der Waals surface area (Å²) in [5, 5.41) is 3.15. The lowest BCUT2D eigenvalue weighted by molar-refractivity contribution is 0.267. The number of aryl methyl sites for hydroxylation is 1. The lowest BCUT2D eigenvalue weighted by Gasteiger charge is -2.16. The molecule has 0 unspecified atom stereocenters. The van der Waals surface area contributed by atoms with Crippen molar-refractivity contribution in [2.45, 2.75) is 27.0 Å². The van der Waals surface area contributed by atoms with E-state index in [9.17, 15) is 0 Å². The minimum Gasteiger partial charge on any atom is -0.490 e. The van der Waals surface area contributed by atoms with Crippen molar-refractivity contribution in [3.63, 3.8) is 0 Å². The maximum Gasteiger partial charge on any atom is 0.175 e. The molecular weight excluding hydrogens is 342 g/mol. The van der Waals surface area contributed by atoms with Crippen LogP contribution in [0.3, 0.4) is 0 Å². The zero-order chi connectivity index (χ0) is 15.9. The fourth-order valence-electron chi connectivity index (χ4n) is 2.25. The van der Waals surface area contributed by atoms with Crippen molar-refractivity contribution >= 4 is 15.9 Å². The Morgan fingerprint density at radius 1 is 1.14 bits per heavy atom. The van der Waals surface area contributed by atoms with E-state index in [2.05, 4.69) is 46.4 Å². The molecule has 0 aliphatic carbocycles. The number of nitrogens with one attached hydrogen (secondary N) is 1. The van der Waals surface area contributed by atoms with Gasteiger partial charge < -0.3 is 14.8 Å². The molecule has 0 saturated carbocycles. The number of hydrogen-bond donors (Lipinski definition) is 1. The fourth-order valence-corrected chi connectivity index (χ4v) is 2.86. The molecule has 0 saturated heterocycles. The van der Waals surface area contributed by atoms with Gasteiger partial charge in [-0.15, -0.1) is 0 Å². The summed E-state index contributed by atoms with van der Waals surface area (Å²) in [5.74, 6) is 1.53. The number of benzene rings is 2. The van der Waals surface area contributed by atoms with Gasteiger partial charge >= 0.3 is 0 Å². The Balaban J connectivity index is 2.23. The summed E-state index contributed by atoms with van der Waals surface area (Å²) in [6, 6.07) is 12.3. The quantitative estimate of drug-likeness (QED) is 0.787. The largest absolute Gasteiger partial charge is 0.490 e. The molecular formula is C18H22BrNO2. The Bertz CT molecular complexity index is 628. The third-order valence-corrected chi connectivity index (χ3v) is 3.97. The van der Waals surface area contributed by atoms with Crippen LogP contribution >= 0.6 is 15.9 Å². The third kappa shape index (κ3) is 4.24. The molecule has 0 amide bonds. The van der Waals surface area contributed by atoms with Crippen molar-refractivity contribution in [2.24, 2.45) is 0 Å². The SMILES string of the molecule is CCOc1cc(CNC)cc(Br)c1OCc1ccccc1C. The lowest BCUT2D eigenvalue weighted by Crippen LogP contribution is -2.07. The molecule has 0 aromatic heterocycles. The van der Waals surface area contributed by atoms with Crippen LogP contribution in [-0.4, -0.2) is 13.7 Å². The number of hydrogen-bond acceptors (Lipinski definition) is 3. The maximum absolute atomic E-state index is 6.03. The predicted octanol–water partition coefficient (Wildman–Crippen LogP) is 4.45. The molecule has 0 aliphatic heterocycles. The predicted molar refractivity (Wildman–Crippen MR) is 93.6 cm³/mol. The van der Waals surface area contributed by atoms with Gasteiger partial charge in [-0.1, -0.05) is 24.3 Å². The maximum atomic E-state index is 6.03. The molecule has 2 aromatic rings.